The van der Waals surface area contributed by atoms with Gasteiger partial charge >= 0.3 is 6.09 Å². The average molecular weight is 313 g/mol. The number of hydrogen-bond acceptors (Lipinski definition) is 4. The lowest BCUT2D eigenvalue weighted by Gasteiger charge is -2.30. The van der Waals surface area contributed by atoms with Crippen LogP contribution in [0.4, 0.5) is 4.79 Å². The minimum atomic E-state index is -0.433. The summed E-state index contributed by atoms with van der Waals surface area (Å²) in [7, 11) is 2.01. The van der Waals surface area contributed by atoms with Crippen molar-refractivity contribution in [1.82, 2.24) is 15.1 Å². The normalized spacial score (nSPS) is 19.7. The molecule has 130 valence electrons. The molecule has 0 radical (unpaired) electrons. The van der Waals surface area contributed by atoms with Crippen LogP contribution in [0.1, 0.15) is 41.0 Å². The first kappa shape index (κ1) is 19.2. The van der Waals surface area contributed by atoms with Crippen molar-refractivity contribution in [2.24, 2.45) is 11.8 Å². The number of carbonyl (C=O) groups is 1. The molecule has 0 spiro atoms. The highest BCUT2D eigenvalue weighted by Gasteiger charge is 2.25. The van der Waals surface area contributed by atoms with Crippen LogP contribution in [0.5, 0.6) is 0 Å². The number of amides is 1. The molecule has 1 atom stereocenters. The van der Waals surface area contributed by atoms with Crippen LogP contribution in [0.3, 0.4) is 0 Å². The highest BCUT2D eigenvalue weighted by Crippen LogP contribution is 2.16. The van der Waals surface area contributed by atoms with E-state index >= 15 is 0 Å². The van der Waals surface area contributed by atoms with Crippen LogP contribution in [0.25, 0.3) is 0 Å². The molecule has 1 aliphatic heterocycles. The lowest BCUT2D eigenvalue weighted by molar-refractivity contribution is 0.0213. The number of likely N-dealkylation sites (tertiary alicyclic amines) is 1. The zero-order chi connectivity index (χ0) is 16.8. The molecule has 1 aliphatic rings. The molecule has 0 bridgehead atoms. The van der Waals surface area contributed by atoms with Gasteiger partial charge in [-0.3, -0.25) is 0 Å². The fourth-order valence-electron chi connectivity index (χ4n) is 2.86. The molecule has 1 N–H and O–H groups in total. The molecule has 0 aromatic carbocycles. The van der Waals surface area contributed by atoms with Crippen molar-refractivity contribution in [3.63, 3.8) is 0 Å². The fraction of sp³-hybridized carbons (Fsp3) is 0.941. The molecule has 22 heavy (non-hydrogen) atoms. The lowest BCUT2D eigenvalue weighted by atomic mass is 10.1. The predicted molar refractivity (Wildman–Crippen MR) is 91.1 cm³/mol. The van der Waals surface area contributed by atoms with Crippen LogP contribution >= 0.6 is 0 Å². The van der Waals surface area contributed by atoms with Gasteiger partial charge in [0.2, 0.25) is 0 Å². The second-order valence-corrected chi connectivity index (χ2v) is 7.83. The topological polar surface area (TPSA) is 44.8 Å². The molecule has 1 amide bonds. The molecule has 0 aliphatic carbocycles. The van der Waals surface area contributed by atoms with Crippen LogP contribution in [-0.4, -0.2) is 67.8 Å². The molecule has 1 saturated heterocycles. The van der Waals surface area contributed by atoms with E-state index in [9.17, 15) is 4.79 Å². The third-order valence-electron chi connectivity index (χ3n) is 3.79. The van der Waals surface area contributed by atoms with Crippen LogP contribution in [0.15, 0.2) is 0 Å². The first-order chi connectivity index (χ1) is 10.2. The van der Waals surface area contributed by atoms with Gasteiger partial charge in [-0.2, -0.15) is 0 Å². The quantitative estimate of drug-likeness (QED) is 0.784. The van der Waals surface area contributed by atoms with Gasteiger partial charge in [0.05, 0.1) is 0 Å². The molecule has 1 unspecified atom stereocenters. The second kappa shape index (κ2) is 8.73. The highest BCUT2D eigenvalue weighted by molar-refractivity contribution is 5.68. The smallest absolute Gasteiger partial charge is 0.410 e. The minimum Gasteiger partial charge on any atom is -0.444 e. The molecular formula is C17H35N3O2. The van der Waals surface area contributed by atoms with E-state index in [4.69, 9.17) is 4.74 Å². The first-order valence-corrected chi connectivity index (χ1v) is 8.56. The fourth-order valence-corrected chi connectivity index (χ4v) is 2.86. The zero-order valence-corrected chi connectivity index (χ0v) is 15.3. The summed E-state index contributed by atoms with van der Waals surface area (Å²) in [6, 6.07) is 0. The van der Waals surface area contributed by atoms with E-state index in [2.05, 4.69) is 24.1 Å². The summed E-state index contributed by atoms with van der Waals surface area (Å²) < 4.78 is 5.53. The maximum Gasteiger partial charge on any atom is 0.410 e. The second-order valence-electron chi connectivity index (χ2n) is 7.83. The Kier molecular flexibility index (Phi) is 7.63. The van der Waals surface area contributed by atoms with Crippen molar-refractivity contribution in [3.8, 4) is 0 Å². The summed E-state index contributed by atoms with van der Waals surface area (Å²) >= 11 is 0. The van der Waals surface area contributed by atoms with Gasteiger partial charge in [-0.1, -0.05) is 13.8 Å². The lowest BCUT2D eigenvalue weighted by Crippen LogP contribution is -2.42. The number of carbonyl (C=O) groups excluding carboxylic acids is 1. The van der Waals surface area contributed by atoms with E-state index in [0.29, 0.717) is 5.92 Å². The van der Waals surface area contributed by atoms with Gasteiger partial charge in [-0.15, -0.1) is 0 Å². The third-order valence-corrected chi connectivity index (χ3v) is 3.79. The third kappa shape index (κ3) is 7.45. The maximum atomic E-state index is 12.3. The first-order valence-electron chi connectivity index (χ1n) is 8.56. The average Bonchev–Trinajstić information content (AvgIpc) is 2.80. The van der Waals surface area contributed by atoms with Crippen molar-refractivity contribution in [1.29, 1.82) is 0 Å². The molecule has 1 fully saturated rings. The number of rotatable bonds is 7. The molecule has 0 aromatic heterocycles. The largest absolute Gasteiger partial charge is 0.444 e. The van der Waals surface area contributed by atoms with Crippen LogP contribution in [-0.2, 0) is 4.74 Å². The Balaban J connectivity index is 2.46. The van der Waals surface area contributed by atoms with Gasteiger partial charge in [0, 0.05) is 26.2 Å². The van der Waals surface area contributed by atoms with Gasteiger partial charge < -0.3 is 19.9 Å². The summed E-state index contributed by atoms with van der Waals surface area (Å²) in [4.78, 5) is 16.7. The van der Waals surface area contributed by atoms with Crippen molar-refractivity contribution in [2.45, 2.75) is 46.6 Å². The van der Waals surface area contributed by atoms with Crippen LogP contribution in [0, 0.1) is 11.8 Å². The molecule has 0 aromatic rings. The van der Waals surface area contributed by atoms with Gasteiger partial charge in [0.25, 0.3) is 0 Å². The van der Waals surface area contributed by atoms with Crippen molar-refractivity contribution >= 4 is 6.09 Å². The monoisotopic (exact) mass is 313 g/mol. The molecule has 1 rings (SSSR count). The van der Waals surface area contributed by atoms with E-state index < -0.39 is 5.60 Å². The summed E-state index contributed by atoms with van der Waals surface area (Å²) in [6.45, 7) is 15.8. The Morgan fingerprint density at radius 2 is 2.09 bits per heavy atom. The summed E-state index contributed by atoms with van der Waals surface area (Å²) in [5.41, 5.74) is -0.433. The van der Waals surface area contributed by atoms with E-state index in [1.165, 1.54) is 6.42 Å². The standard InChI is InChI=1S/C17H35N3O2/c1-14(2)12-20(16(21)22-17(3,4)5)10-9-19-8-7-15(13-19)11-18-6/h14-15,18H,7-13H2,1-6H3. The summed E-state index contributed by atoms with van der Waals surface area (Å²) in [5, 5.41) is 3.25. The van der Waals surface area contributed by atoms with Crippen molar-refractivity contribution in [3.05, 3.63) is 0 Å². The molecule has 5 heteroatoms. The van der Waals surface area contributed by atoms with Crippen molar-refractivity contribution < 1.29 is 9.53 Å². The van der Waals surface area contributed by atoms with E-state index in [0.717, 1.165) is 45.2 Å². The number of nitrogens with zero attached hydrogens (tertiary/aromatic N) is 2. The molecule has 0 saturated carbocycles. The number of ether oxygens (including phenoxy) is 1. The molecule has 1 heterocycles. The maximum absolute atomic E-state index is 12.3. The molecule has 5 nitrogen and oxygen atoms in total. The highest BCUT2D eigenvalue weighted by atomic mass is 16.6. The Morgan fingerprint density at radius 1 is 1.41 bits per heavy atom. The Labute approximate surface area is 136 Å². The van der Waals surface area contributed by atoms with Gasteiger partial charge in [-0.05, 0) is 59.2 Å². The van der Waals surface area contributed by atoms with E-state index in [1.807, 2.05) is 32.7 Å². The van der Waals surface area contributed by atoms with Gasteiger partial charge in [0.15, 0.2) is 0 Å². The number of hydrogen-bond donors (Lipinski definition) is 1. The van der Waals surface area contributed by atoms with E-state index in [-0.39, 0.29) is 6.09 Å². The number of nitrogens with one attached hydrogen (secondary N) is 1. The predicted octanol–water partition coefficient (Wildman–Crippen LogP) is 2.42. The van der Waals surface area contributed by atoms with Crippen LogP contribution < -0.4 is 5.32 Å². The van der Waals surface area contributed by atoms with Crippen LogP contribution in [0.2, 0.25) is 0 Å². The molecular weight excluding hydrogens is 278 g/mol. The minimum absolute atomic E-state index is 0.188. The Bertz CT molecular complexity index is 339. The zero-order valence-electron chi connectivity index (χ0n) is 15.3. The van der Waals surface area contributed by atoms with Crippen molar-refractivity contribution in [2.75, 3.05) is 46.3 Å². The van der Waals surface area contributed by atoms with E-state index in [1.54, 1.807) is 0 Å². The SMILES string of the molecule is CNCC1CCN(CCN(CC(C)C)C(=O)OC(C)(C)C)C1. The Hall–Kier alpha value is -0.810. The summed E-state index contributed by atoms with van der Waals surface area (Å²) in [6.07, 6.45) is 1.06. The Morgan fingerprint density at radius 3 is 2.64 bits per heavy atom. The summed E-state index contributed by atoms with van der Waals surface area (Å²) in [5.74, 6) is 1.19. The van der Waals surface area contributed by atoms with Gasteiger partial charge in [0.1, 0.15) is 5.60 Å². The van der Waals surface area contributed by atoms with Gasteiger partial charge in [-0.25, -0.2) is 4.79 Å².